The molecule has 1 aliphatic heterocycles. The van der Waals surface area contributed by atoms with E-state index >= 15 is 0 Å². The van der Waals surface area contributed by atoms with E-state index in [1.807, 2.05) is 4.90 Å². The lowest BCUT2D eigenvalue weighted by Gasteiger charge is -2.16. The van der Waals surface area contributed by atoms with Gasteiger partial charge in [-0.25, -0.2) is 0 Å². The topological polar surface area (TPSA) is 49.8 Å². The first-order chi connectivity index (χ1) is 7.31. The summed E-state index contributed by atoms with van der Waals surface area (Å²) in [5.74, 6) is 0.643. The summed E-state index contributed by atoms with van der Waals surface area (Å²) < 4.78 is 5.57. The summed E-state index contributed by atoms with van der Waals surface area (Å²) >= 11 is 0. The van der Waals surface area contributed by atoms with Crippen LogP contribution in [-0.4, -0.2) is 48.3 Å². The Morgan fingerprint density at radius 3 is 2.87 bits per heavy atom. The minimum absolute atomic E-state index is 0.178. The number of likely N-dealkylation sites (tertiary alicyclic amines) is 1. The molecule has 2 rings (SSSR count). The van der Waals surface area contributed by atoms with E-state index in [1.54, 1.807) is 0 Å². The molecule has 2 aliphatic rings. The van der Waals surface area contributed by atoms with Crippen LogP contribution in [0.4, 0.5) is 0 Å². The van der Waals surface area contributed by atoms with Crippen molar-refractivity contribution in [2.75, 3.05) is 26.3 Å². The van der Waals surface area contributed by atoms with Crippen molar-refractivity contribution in [1.82, 2.24) is 4.90 Å². The van der Waals surface area contributed by atoms with Crippen LogP contribution < -0.4 is 0 Å². The number of carbonyl (C=O) groups excluding carboxylic acids is 1. The van der Waals surface area contributed by atoms with Crippen LogP contribution in [0, 0.1) is 5.92 Å². The van der Waals surface area contributed by atoms with Gasteiger partial charge in [0, 0.05) is 32.2 Å². The maximum Gasteiger partial charge on any atom is 0.225 e. The first-order valence-corrected chi connectivity index (χ1v) is 5.82. The van der Waals surface area contributed by atoms with Crippen molar-refractivity contribution in [2.45, 2.75) is 31.8 Å². The molecule has 1 N–H and O–H groups in total. The molecule has 1 unspecified atom stereocenters. The van der Waals surface area contributed by atoms with E-state index in [0.717, 1.165) is 32.4 Å². The maximum atomic E-state index is 11.7. The summed E-state index contributed by atoms with van der Waals surface area (Å²) in [7, 11) is 0. The Hall–Kier alpha value is -0.610. The normalized spacial score (nSPS) is 25.9. The van der Waals surface area contributed by atoms with Gasteiger partial charge in [-0.3, -0.25) is 4.79 Å². The second kappa shape index (κ2) is 4.94. The zero-order valence-electron chi connectivity index (χ0n) is 9.02. The lowest BCUT2D eigenvalue weighted by Crippen LogP contribution is -2.31. The third-order valence-corrected chi connectivity index (χ3v) is 3.04. The summed E-state index contributed by atoms with van der Waals surface area (Å²) in [5.41, 5.74) is 0. The summed E-state index contributed by atoms with van der Waals surface area (Å²) in [5, 5.41) is 8.62. The molecule has 4 nitrogen and oxygen atoms in total. The van der Waals surface area contributed by atoms with E-state index in [4.69, 9.17) is 9.84 Å². The van der Waals surface area contributed by atoms with Crippen molar-refractivity contribution < 1.29 is 14.6 Å². The number of hydrogen-bond donors (Lipinski definition) is 1. The Bertz CT molecular complexity index is 228. The first kappa shape index (κ1) is 10.9. The SMILES string of the molecule is O=C(C1CC1)N1CCC(OCCCO)C1. The third kappa shape index (κ3) is 2.92. The number of carbonyl (C=O) groups is 1. The molecule has 0 spiro atoms. The molecule has 1 amide bonds. The molecule has 4 heteroatoms. The van der Waals surface area contributed by atoms with Crippen LogP contribution in [-0.2, 0) is 9.53 Å². The van der Waals surface area contributed by atoms with Gasteiger partial charge in [0.1, 0.15) is 0 Å². The predicted molar refractivity (Wildman–Crippen MR) is 55.4 cm³/mol. The molecule has 1 aliphatic carbocycles. The molecule has 86 valence electrons. The van der Waals surface area contributed by atoms with E-state index in [0.29, 0.717) is 24.9 Å². The van der Waals surface area contributed by atoms with E-state index in [9.17, 15) is 4.79 Å². The van der Waals surface area contributed by atoms with Gasteiger partial charge in [-0.2, -0.15) is 0 Å². The first-order valence-electron chi connectivity index (χ1n) is 5.82. The van der Waals surface area contributed by atoms with E-state index in [-0.39, 0.29) is 12.7 Å². The second-order valence-electron chi connectivity index (χ2n) is 4.42. The Labute approximate surface area is 90.2 Å². The van der Waals surface area contributed by atoms with Gasteiger partial charge >= 0.3 is 0 Å². The van der Waals surface area contributed by atoms with Gasteiger partial charge < -0.3 is 14.7 Å². The van der Waals surface area contributed by atoms with Crippen LogP contribution in [0.25, 0.3) is 0 Å². The van der Waals surface area contributed by atoms with Crippen LogP contribution in [0.3, 0.4) is 0 Å². The van der Waals surface area contributed by atoms with Crippen molar-refractivity contribution in [3.8, 4) is 0 Å². The number of amides is 1. The van der Waals surface area contributed by atoms with Crippen LogP contribution in [0.15, 0.2) is 0 Å². The highest BCUT2D eigenvalue weighted by Crippen LogP contribution is 2.32. The lowest BCUT2D eigenvalue weighted by atomic mass is 10.3. The highest BCUT2D eigenvalue weighted by molar-refractivity contribution is 5.81. The van der Waals surface area contributed by atoms with Gasteiger partial charge in [0.25, 0.3) is 0 Å². The zero-order valence-corrected chi connectivity index (χ0v) is 9.02. The van der Waals surface area contributed by atoms with E-state index in [2.05, 4.69) is 0 Å². The Kier molecular flexibility index (Phi) is 3.59. The van der Waals surface area contributed by atoms with Crippen LogP contribution in [0.1, 0.15) is 25.7 Å². The molecule has 1 saturated carbocycles. The fourth-order valence-corrected chi connectivity index (χ4v) is 1.97. The standard InChI is InChI=1S/C11H19NO3/c13-6-1-7-15-10-4-5-12(8-10)11(14)9-2-3-9/h9-10,13H,1-8H2. The summed E-state index contributed by atoms with van der Waals surface area (Å²) in [4.78, 5) is 13.6. The Balaban J connectivity index is 1.67. The van der Waals surface area contributed by atoms with Gasteiger partial charge in [0.05, 0.1) is 6.10 Å². The molecule has 2 fully saturated rings. The molecular weight excluding hydrogens is 194 g/mol. The quantitative estimate of drug-likeness (QED) is 0.672. The van der Waals surface area contributed by atoms with Gasteiger partial charge in [0.2, 0.25) is 5.91 Å². The molecule has 0 aromatic carbocycles. The predicted octanol–water partition coefficient (Wildman–Crippen LogP) is 0.396. The highest BCUT2D eigenvalue weighted by Gasteiger charge is 2.36. The number of nitrogens with zero attached hydrogens (tertiary/aromatic N) is 1. The number of rotatable bonds is 5. The molecule has 1 atom stereocenters. The fourth-order valence-electron chi connectivity index (χ4n) is 1.97. The summed E-state index contributed by atoms with van der Waals surface area (Å²) in [6, 6.07) is 0. The van der Waals surface area contributed by atoms with Crippen molar-refractivity contribution >= 4 is 5.91 Å². The Morgan fingerprint density at radius 1 is 1.40 bits per heavy atom. The molecule has 1 saturated heterocycles. The average Bonchev–Trinajstić information content (AvgIpc) is 2.98. The van der Waals surface area contributed by atoms with Crippen LogP contribution in [0.2, 0.25) is 0 Å². The molecular formula is C11H19NO3. The lowest BCUT2D eigenvalue weighted by molar-refractivity contribution is -0.132. The molecule has 0 aromatic heterocycles. The van der Waals surface area contributed by atoms with Crippen molar-refractivity contribution in [3.05, 3.63) is 0 Å². The minimum Gasteiger partial charge on any atom is -0.396 e. The van der Waals surface area contributed by atoms with Gasteiger partial charge in [-0.15, -0.1) is 0 Å². The highest BCUT2D eigenvalue weighted by atomic mass is 16.5. The molecule has 15 heavy (non-hydrogen) atoms. The van der Waals surface area contributed by atoms with Crippen LogP contribution >= 0.6 is 0 Å². The van der Waals surface area contributed by atoms with Crippen molar-refractivity contribution in [3.63, 3.8) is 0 Å². The number of aliphatic hydroxyl groups is 1. The van der Waals surface area contributed by atoms with Gasteiger partial charge in [-0.05, 0) is 25.7 Å². The summed E-state index contributed by atoms with van der Waals surface area (Å²) in [6.07, 6.45) is 3.98. The molecule has 0 radical (unpaired) electrons. The molecule has 0 aromatic rings. The smallest absolute Gasteiger partial charge is 0.225 e. The van der Waals surface area contributed by atoms with Gasteiger partial charge in [-0.1, -0.05) is 0 Å². The number of hydrogen-bond acceptors (Lipinski definition) is 3. The summed E-state index contributed by atoms with van der Waals surface area (Å²) in [6.45, 7) is 2.38. The van der Waals surface area contributed by atoms with Gasteiger partial charge in [0.15, 0.2) is 0 Å². The van der Waals surface area contributed by atoms with Crippen LogP contribution in [0.5, 0.6) is 0 Å². The van der Waals surface area contributed by atoms with E-state index in [1.165, 1.54) is 0 Å². The third-order valence-electron chi connectivity index (χ3n) is 3.04. The largest absolute Gasteiger partial charge is 0.396 e. The second-order valence-corrected chi connectivity index (χ2v) is 4.42. The monoisotopic (exact) mass is 213 g/mol. The maximum absolute atomic E-state index is 11.7. The minimum atomic E-state index is 0.178. The molecule has 1 heterocycles. The zero-order chi connectivity index (χ0) is 10.7. The van der Waals surface area contributed by atoms with E-state index < -0.39 is 0 Å². The fraction of sp³-hybridized carbons (Fsp3) is 0.909. The average molecular weight is 213 g/mol. The van der Waals surface area contributed by atoms with Crippen molar-refractivity contribution in [2.24, 2.45) is 5.92 Å². The Morgan fingerprint density at radius 2 is 2.20 bits per heavy atom. The number of aliphatic hydroxyl groups excluding tert-OH is 1. The number of ether oxygens (including phenoxy) is 1. The van der Waals surface area contributed by atoms with Crippen molar-refractivity contribution in [1.29, 1.82) is 0 Å². The molecule has 0 bridgehead atoms.